The van der Waals surface area contributed by atoms with Crippen LogP contribution in [0, 0.1) is 5.82 Å². The molecule has 0 bridgehead atoms. The molecule has 8 heteroatoms. The first-order chi connectivity index (χ1) is 10.4. The number of carboxylic acid groups (broad SMARTS) is 1. The number of carbonyl (C=O) groups excluding carboxylic acids is 1. The predicted octanol–water partition coefficient (Wildman–Crippen LogP) is 1.63. The van der Waals surface area contributed by atoms with Gasteiger partial charge in [-0.2, -0.15) is 0 Å². The average molecular weight is 332 g/mol. The summed E-state index contributed by atoms with van der Waals surface area (Å²) in [5.74, 6) is -2.31. The predicted molar refractivity (Wildman–Crippen MR) is 77.5 cm³/mol. The highest BCUT2D eigenvalue weighted by molar-refractivity contribution is 6.30. The van der Waals surface area contributed by atoms with E-state index in [9.17, 15) is 14.0 Å². The van der Waals surface area contributed by atoms with Crippen molar-refractivity contribution in [3.63, 3.8) is 0 Å². The van der Waals surface area contributed by atoms with Crippen molar-refractivity contribution in [3.8, 4) is 5.75 Å². The Morgan fingerprint density at radius 1 is 1.50 bits per heavy atom. The molecule has 0 aliphatic carbocycles. The molecule has 6 nitrogen and oxygen atoms in total. The van der Waals surface area contributed by atoms with Crippen molar-refractivity contribution in [1.82, 2.24) is 5.32 Å². The van der Waals surface area contributed by atoms with E-state index in [0.717, 1.165) is 6.07 Å². The minimum Gasteiger partial charge on any atom is -0.484 e. The summed E-state index contributed by atoms with van der Waals surface area (Å²) in [5, 5.41) is 11.1. The molecule has 1 atom stereocenters. The van der Waals surface area contributed by atoms with Gasteiger partial charge in [0.15, 0.2) is 12.6 Å². The minimum atomic E-state index is -1.23. The van der Waals surface area contributed by atoms with Gasteiger partial charge in [-0.1, -0.05) is 17.7 Å². The van der Waals surface area contributed by atoms with Gasteiger partial charge in [-0.25, -0.2) is 9.18 Å². The second-order valence-electron chi connectivity index (χ2n) is 4.15. The Morgan fingerprint density at radius 3 is 2.82 bits per heavy atom. The molecule has 1 unspecified atom stereocenters. The van der Waals surface area contributed by atoms with Crippen molar-refractivity contribution >= 4 is 23.5 Å². The molecule has 0 spiro atoms. The van der Waals surface area contributed by atoms with E-state index < -0.39 is 30.3 Å². The second-order valence-corrected chi connectivity index (χ2v) is 4.56. The van der Waals surface area contributed by atoms with E-state index in [1.54, 1.807) is 0 Å². The lowest BCUT2D eigenvalue weighted by Crippen LogP contribution is -2.45. The van der Waals surface area contributed by atoms with Crippen molar-refractivity contribution in [2.45, 2.75) is 6.04 Å². The van der Waals surface area contributed by atoms with E-state index in [1.165, 1.54) is 18.2 Å². The van der Waals surface area contributed by atoms with Crippen LogP contribution in [0.5, 0.6) is 5.75 Å². The standard InChI is InChI=1S/C14H15ClFNO5/c1-2-5-21-7-12(14(19)20)17-13(18)8-22-9-3-4-11(16)10(15)6-9/h2-4,6,12H,1,5,7-8H2,(H,17,18)(H,19,20). The van der Waals surface area contributed by atoms with Crippen LogP contribution in [0.15, 0.2) is 30.9 Å². The van der Waals surface area contributed by atoms with E-state index in [4.69, 9.17) is 26.2 Å². The zero-order valence-electron chi connectivity index (χ0n) is 11.6. The molecule has 1 amide bonds. The number of carbonyl (C=O) groups is 2. The third-order valence-corrected chi connectivity index (χ3v) is 2.70. The molecular weight excluding hydrogens is 317 g/mol. The average Bonchev–Trinajstić information content (AvgIpc) is 2.47. The highest BCUT2D eigenvalue weighted by Crippen LogP contribution is 2.20. The number of ether oxygens (including phenoxy) is 2. The molecule has 1 rings (SSSR count). The Labute approximate surface area is 131 Å². The molecule has 0 saturated carbocycles. The van der Waals surface area contributed by atoms with Gasteiger partial charge in [-0.15, -0.1) is 6.58 Å². The smallest absolute Gasteiger partial charge is 0.328 e. The summed E-state index contributed by atoms with van der Waals surface area (Å²) < 4.78 is 23.0. The van der Waals surface area contributed by atoms with Crippen molar-refractivity contribution in [3.05, 3.63) is 41.7 Å². The normalized spacial score (nSPS) is 11.5. The highest BCUT2D eigenvalue weighted by Gasteiger charge is 2.20. The van der Waals surface area contributed by atoms with Crippen LogP contribution in [-0.2, 0) is 14.3 Å². The maximum Gasteiger partial charge on any atom is 0.328 e. The van der Waals surface area contributed by atoms with Gasteiger partial charge in [-0.3, -0.25) is 4.79 Å². The molecule has 1 aromatic carbocycles. The summed E-state index contributed by atoms with van der Waals surface area (Å²) in [6.45, 7) is 2.96. The molecule has 0 saturated heterocycles. The first kappa shape index (κ1) is 17.9. The third-order valence-electron chi connectivity index (χ3n) is 2.41. The monoisotopic (exact) mass is 331 g/mol. The van der Waals surface area contributed by atoms with E-state index in [2.05, 4.69) is 11.9 Å². The molecule has 0 aliphatic heterocycles. The summed E-state index contributed by atoms with van der Waals surface area (Å²) in [5.41, 5.74) is 0. The van der Waals surface area contributed by atoms with Crippen LogP contribution in [0.4, 0.5) is 4.39 Å². The minimum absolute atomic E-state index is 0.140. The van der Waals surface area contributed by atoms with Crippen molar-refractivity contribution in [2.75, 3.05) is 19.8 Å². The lowest BCUT2D eigenvalue weighted by Gasteiger charge is -2.14. The van der Waals surface area contributed by atoms with Crippen LogP contribution in [0.2, 0.25) is 5.02 Å². The number of hydrogen-bond acceptors (Lipinski definition) is 4. The summed E-state index contributed by atoms with van der Waals surface area (Å²) >= 11 is 5.57. The number of rotatable bonds is 9. The molecule has 1 aromatic rings. The van der Waals surface area contributed by atoms with Crippen LogP contribution >= 0.6 is 11.6 Å². The van der Waals surface area contributed by atoms with Crippen molar-refractivity contribution in [2.24, 2.45) is 0 Å². The lowest BCUT2D eigenvalue weighted by atomic mass is 10.3. The number of hydrogen-bond donors (Lipinski definition) is 2. The molecule has 0 heterocycles. The van der Waals surface area contributed by atoms with Crippen LogP contribution < -0.4 is 10.1 Å². The SMILES string of the molecule is C=CCOCC(NC(=O)COc1ccc(F)c(Cl)c1)C(=O)O. The van der Waals surface area contributed by atoms with Crippen LogP contribution in [0.25, 0.3) is 0 Å². The second kappa shape index (κ2) is 9.01. The summed E-state index contributed by atoms with van der Waals surface area (Å²) in [4.78, 5) is 22.6. The van der Waals surface area contributed by atoms with Crippen LogP contribution in [0.3, 0.4) is 0 Å². The largest absolute Gasteiger partial charge is 0.484 e. The maximum absolute atomic E-state index is 13.0. The summed E-state index contributed by atoms with van der Waals surface area (Å²) in [6, 6.07) is 2.41. The number of halogens is 2. The number of aliphatic carboxylic acids is 1. The van der Waals surface area contributed by atoms with Crippen LogP contribution in [-0.4, -0.2) is 42.8 Å². The Hall–Kier alpha value is -2.12. The third kappa shape index (κ3) is 6.11. The molecule has 0 radical (unpaired) electrons. The van der Waals surface area contributed by atoms with Crippen molar-refractivity contribution in [1.29, 1.82) is 0 Å². The first-order valence-corrected chi connectivity index (χ1v) is 6.60. The van der Waals surface area contributed by atoms with Gasteiger partial charge in [0.2, 0.25) is 0 Å². The fraction of sp³-hybridized carbons (Fsp3) is 0.286. The van der Waals surface area contributed by atoms with E-state index >= 15 is 0 Å². The Kier molecular flexibility index (Phi) is 7.34. The van der Waals surface area contributed by atoms with Gasteiger partial charge in [0, 0.05) is 6.07 Å². The quantitative estimate of drug-likeness (QED) is 0.530. The Balaban J connectivity index is 2.47. The van der Waals surface area contributed by atoms with Gasteiger partial charge in [0.1, 0.15) is 11.6 Å². The summed E-state index contributed by atoms with van der Waals surface area (Å²) in [6.07, 6.45) is 1.46. The molecular formula is C14H15ClFNO5. The Bertz CT molecular complexity index is 552. The molecule has 0 aromatic heterocycles. The van der Waals surface area contributed by atoms with Gasteiger partial charge >= 0.3 is 5.97 Å². The summed E-state index contributed by atoms with van der Waals surface area (Å²) in [7, 11) is 0. The van der Waals surface area contributed by atoms with Gasteiger partial charge in [-0.05, 0) is 12.1 Å². The van der Waals surface area contributed by atoms with Crippen LogP contribution in [0.1, 0.15) is 0 Å². The fourth-order valence-electron chi connectivity index (χ4n) is 1.40. The van der Waals surface area contributed by atoms with Crippen molar-refractivity contribution < 1.29 is 28.6 Å². The number of amides is 1. The van der Waals surface area contributed by atoms with Gasteiger partial charge in [0.25, 0.3) is 5.91 Å². The van der Waals surface area contributed by atoms with E-state index in [-0.39, 0.29) is 24.0 Å². The molecule has 22 heavy (non-hydrogen) atoms. The number of benzene rings is 1. The molecule has 0 aliphatic rings. The molecule has 120 valence electrons. The molecule has 0 fully saturated rings. The lowest BCUT2D eigenvalue weighted by molar-refractivity contribution is -0.143. The van der Waals surface area contributed by atoms with Gasteiger partial charge in [0.05, 0.1) is 18.2 Å². The highest BCUT2D eigenvalue weighted by atomic mass is 35.5. The first-order valence-electron chi connectivity index (χ1n) is 6.22. The van der Waals surface area contributed by atoms with E-state index in [0.29, 0.717) is 0 Å². The zero-order valence-corrected chi connectivity index (χ0v) is 12.3. The van der Waals surface area contributed by atoms with Gasteiger partial charge < -0.3 is 19.9 Å². The molecule has 2 N–H and O–H groups in total. The maximum atomic E-state index is 13.0. The topological polar surface area (TPSA) is 84.9 Å². The Morgan fingerprint density at radius 2 is 2.23 bits per heavy atom. The fourth-order valence-corrected chi connectivity index (χ4v) is 1.57. The number of carboxylic acids is 1. The number of nitrogens with one attached hydrogen (secondary N) is 1. The van der Waals surface area contributed by atoms with E-state index in [1.807, 2.05) is 0 Å². The zero-order chi connectivity index (χ0) is 16.5.